The second-order valence-electron chi connectivity index (χ2n) is 4.38. The predicted octanol–water partition coefficient (Wildman–Crippen LogP) is 0.922. The summed E-state index contributed by atoms with van der Waals surface area (Å²) in [7, 11) is -4.69. The quantitative estimate of drug-likeness (QED) is 0.607. The van der Waals surface area contributed by atoms with Crippen molar-refractivity contribution in [3.8, 4) is 0 Å². The smallest absolute Gasteiger partial charge is 0.360 e. The van der Waals surface area contributed by atoms with Crippen LogP contribution in [0.1, 0.15) is 18.4 Å². The number of carboxylic acids is 2. The fraction of sp³-hybridized carbons (Fsp3) is 0.333. The summed E-state index contributed by atoms with van der Waals surface area (Å²) in [4.78, 5) is 22.0. The minimum atomic E-state index is -4.69. The summed E-state index contributed by atoms with van der Waals surface area (Å²) in [6.45, 7) is 1.75. The Labute approximate surface area is 123 Å². The van der Waals surface area contributed by atoms with Crippen LogP contribution in [-0.4, -0.2) is 41.2 Å². The highest BCUT2D eigenvalue weighted by Crippen LogP contribution is 2.23. The Kier molecular flexibility index (Phi) is 4.76. The zero-order chi connectivity index (χ0) is 16.9. The Morgan fingerprint density at radius 1 is 1.29 bits per heavy atom. The number of benzene rings is 1. The standard InChI is InChI=1S/C12H15NO7S/c1-8-2-4-9(5-3-8)13(21(18,19)20)10(12(16)17)6-7-11(14)15/h2-5,10H,6-7H2,1H3,(H,14,15)(H,16,17)(H,18,19,20)/t10-/m0/s1/i/hD. The number of aryl methyl sites for hydroxylation is 1. The van der Waals surface area contributed by atoms with E-state index in [1.54, 1.807) is 19.1 Å². The van der Waals surface area contributed by atoms with Crippen molar-refractivity contribution in [2.45, 2.75) is 25.8 Å². The molecule has 0 heterocycles. The van der Waals surface area contributed by atoms with Crippen molar-refractivity contribution in [1.82, 2.24) is 0 Å². The van der Waals surface area contributed by atoms with Crippen LogP contribution in [-0.2, 0) is 19.9 Å². The Hall–Kier alpha value is -2.13. The van der Waals surface area contributed by atoms with Gasteiger partial charge in [0, 0.05) is 6.42 Å². The minimum Gasteiger partial charge on any atom is -0.481 e. The lowest BCUT2D eigenvalue weighted by Gasteiger charge is -2.27. The van der Waals surface area contributed by atoms with E-state index in [0.717, 1.165) is 5.56 Å². The molecule has 116 valence electrons. The number of hydrogen-bond donors (Lipinski definition) is 3. The normalized spacial score (nSPS) is 13.3. The van der Waals surface area contributed by atoms with Crippen molar-refractivity contribution in [1.29, 1.82) is 1.43 Å². The molecule has 0 aromatic heterocycles. The van der Waals surface area contributed by atoms with Crippen LogP contribution >= 0.6 is 0 Å². The van der Waals surface area contributed by atoms with E-state index in [4.69, 9.17) is 6.54 Å². The van der Waals surface area contributed by atoms with Crippen LogP contribution in [0.25, 0.3) is 1.43 Å². The van der Waals surface area contributed by atoms with Gasteiger partial charge in [-0.3, -0.25) is 9.35 Å². The zero-order valence-electron chi connectivity index (χ0n) is 12.1. The first kappa shape index (κ1) is 15.3. The van der Waals surface area contributed by atoms with Gasteiger partial charge in [0.15, 0.2) is 0 Å². The lowest BCUT2D eigenvalue weighted by molar-refractivity contribution is -0.139. The van der Waals surface area contributed by atoms with Gasteiger partial charge in [-0.2, -0.15) is 8.42 Å². The molecule has 0 radical (unpaired) electrons. The van der Waals surface area contributed by atoms with E-state index < -0.39 is 41.1 Å². The molecule has 0 saturated carbocycles. The number of carbonyl (C=O) groups is 2. The molecule has 0 fully saturated rings. The lowest BCUT2D eigenvalue weighted by atomic mass is 10.1. The largest absolute Gasteiger partial charge is 0.481 e. The maximum absolute atomic E-state index is 11.9. The maximum atomic E-state index is 11.9. The van der Waals surface area contributed by atoms with Crippen molar-refractivity contribution < 1.29 is 32.8 Å². The average Bonchev–Trinajstić information content (AvgIpc) is 2.44. The van der Waals surface area contributed by atoms with Gasteiger partial charge in [0.1, 0.15) is 6.04 Å². The van der Waals surface area contributed by atoms with E-state index in [-0.39, 0.29) is 5.69 Å². The minimum absolute atomic E-state index is 0.0318. The summed E-state index contributed by atoms with van der Waals surface area (Å²) in [6.07, 6.45) is -1.02. The van der Waals surface area contributed by atoms with Crippen LogP contribution in [0.3, 0.4) is 0 Å². The molecule has 0 bridgehead atoms. The average molecular weight is 318 g/mol. The van der Waals surface area contributed by atoms with E-state index in [1.807, 2.05) is 0 Å². The van der Waals surface area contributed by atoms with Gasteiger partial charge in [0.25, 0.3) is 0 Å². The van der Waals surface area contributed by atoms with Crippen LogP contribution in [0.15, 0.2) is 24.3 Å². The molecule has 1 rings (SSSR count). The molecule has 0 spiro atoms. The molecular formula is C12H15NO7S. The Bertz CT molecular complexity index is 644. The van der Waals surface area contributed by atoms with Gasteiger partial charge in [-0.1, -0.05) is 17.7 Å². The summed E-state index contributed by atoms with van der Waals surface area (Å²) in [5, 5.41) is 17.9. The van der Waals surface area contributed by atoms with Gasteiger partial charge in [-0.15, -0.1) is 0 Å². The van der Waals surface area contributed by atoms with Crippen LogP contribution in [0.2, 0.25) is 0 Å². The fourth-order valence-corrected chi connectivity index (χ4v) is 2.64. The van der Waals surface area contributed by atoms with Gasteiger partial charge in [0.05, 0.1) is 5.69 Å². The molecule has 8 nitrogen and oxygen atoms in total. The number of anilines is 1. The summed E-state index contributed by atoms with van der Waals surface area (Å²) in [5.41, 5.74) is 0.779. The van der Waals surface area contributed by atoms with Crippen LogP contribution in [0.5, 0.6) is 0 Å². The molecule has 0 amide bonds. The fourth-order valence-electron chi connectivity index (χ4n) is 1.76. The maximum Gasteiger partial charge on any atom is 0.360 e. The van der Waals surface area contributed by atoms with Crippen LogP contribution < -0.4 is 4.31 Å². The molecule has 0 aliphatic heterocycles. The van der Waals surface area contributed by atoms with E-state index >= 15 is 0 Å². The number of rotatable bonds is 8. The Morgan fingerprint density at radius 2 is 1.86 bits per heavy atom. The van der Waals surface area contributed by atoms with Crippen molar-refractivity contribution in [3.63, 3.8) is 0 Å². The van der Waals surface area contributed by atoms with Crippen molar-refractivity contribution in [2.75, 3.05) is 4.31 Å². The molecule has 0 saturated heterocycles. The number of nitrogens with zero attached hydrogens (tertiary/aromatic N) is 1. The van der Waals surface area contributed by atoms with Crippen molar-refractivity contribution >= 4 is 27.9 Å². The van der Waals surface area contributed by atoms with Gasteiger partial charge in [-0.25, -0.2) is 9.10 Å². The predicted molar refractivity (Wildman–Crippen MR) is 73.5 cm³/mol. The molecule has 0 unspecified atom stereocenters. The number of hydrogen-bond acceptors (Lipinski definition) is 5. The third-order valence-corrected chi connectivity index (χ3v) is 3.68. The Balaban J connectivity index is 3.31. The molecule has 21 heavy (non-hydrogen) atoms. The molecule has 9 heteroatoms. The lowest BCUT2D eigenvalue weighted by Crippen LogP contribution is -2.45. The molecule has 0 aliphatic carbocycles. The number of aliphatic carboxylic acids is 2. The molecule has 1 atom stereocenters. The number of carboxylic acid groups (broad SMARTS) is 2. The van der Waals surface area contributed by atoms with Gasteiger partial charge in [-0.05, 0) is 25.5 Å². The van der Waals surface area contributed by atoms with Crippen molar-refractivity contribution in [2.24, 2.45) is 0 Å². The first-order valence-electron chi connectivity index (χ1n) is 6.30. The molecular weight excluding hydrogens is 302 g/mol. The highest BCUT2D eigenvalue weighted by molar-refractivity contribution is 7.87. The highest BCUT2D eigenvalue weighted by atomic mass is 32.2. The van der Waals surface area contributed by atoms with E-state index in [2.05, 4.69) is 4.56 Å². The van der Waals surface area contributed by atoms with E-state index in [1.165, 1.54) is 12.1 Å². The molecule has 1 aromatic carbocycles. The van der Waals surface area contributed by atoms with Crippen molar-refractivity contribution in [3.05, 3.63) is 29.8 Å². The summed E-state index contributed by atoms with van der Waals surface area (Å²) < 4.78 is 34.5. The Morgan fingerprint density at radius 3 is 2.29 bits per heavy atom. The molecule has 3 N–H and O–H groups in total. The summed E-state index contributed by atoms with van der Waals surface area (Å²) in [6, 6.07) is 4.11. The molecule has 1 aromatic rings. The van der Waals surface area contributed by atoms with Gasteiger partial charge >= 0.3 is 22.2 Å². The SMILES string of the molecule is [2H]OS(=O)(=O)N(c1ccc(C)cc1)[C@@H](CCC(=O)O)C(=O)O. The van der Waals surface area contributed by atoms with Gasteiger partial charge < -0.3 is 10.2 Å². The van der Waals surface area contributed by atoms with E-state index in [0.29, 0.717) is 4.31 Å². The van der Waals surface area contributed by atoms with Crippen LogP contribution in [0, 0.1) is 6.92 Å². The van der Waals surface area contributed by atoms with E-state index in [9.17, 15) is 23.1 Å². The first-order chi connectivity index (χ1) is 10.2. The highest BCUT2D eigenvalue weighted by Gasteiger charge is 2.34. The topological polar surface area (TPSA) is 132 Å². The van der Waals surface area contributed by atoms with Gasteiger partial charge in [0.2, 0.25) is 1.43 Å². The monoisotopic (exact) mass is 318 g/mol. The summed E-state index contributed by atoms with van der Waals surface area (Å²) in [5.74, 6) is -2.80. The summed E-state index contributed by atoms with van der Waals surface area (Å²) >= 11 is 0. The molecule has 0 aliphatic rings. The first-order valence-corrected chi connectivity index (χ1v) is 7.26. The zero-order valence-corrected chi connectivity index (χ0v) is 11.9. The van der Waals surface area contributed by atoms with Crippen LogP contribution in [0.4, 0.5) is 5.69 Å². The third-order valence-electron chi connectivity index (χ3n) is 2.73. The second-order valence-corrected chi connectivity index (χ2v) is 5.62. The third kappa shape index (κ3) is 4.72. The second kappa shape index (κ2) is 6.55.